The largest absolute Gasteiger partial charge is 0.496 e. The second-order valence-electron chi connectivity index (χ2n) is 4.40. The molecule has 2 nitrogen and oxygen atoms in total. The van der Waals surface area contributed by atoms with Crippen molar-refractivity contribution in [3.05, 3.63) is 29.3 Å². The predicted octanol–water partition coefficient (Wildman–Crippen LogP) is 2.93. The van der Waals surface area contributed by atoms with Crippen molar-refractivity contribution in [3.8, 4) is 5.75 Å². The van der Waals surface area contributed by atoms with Crippen LogP contribution in [0.2, 0.25) is 0 Å². The number of rotatable bonds is 6. The third-order valence-corrected chi connectivity index (χ3v) is 3.01. The zero-order chi connectivity index (χ0) is 12.0. The molecule has 1 unspecified atom stereocenters. The molecule has 0 heterocycles. The highest BCUT2D eigenvalue weighted by molar-refractivity contribution is 5.36. The molecule has 0 aliphatic rings. The van der Waals surface area contributed by atoms with Gasteiger partial charge in [-0.05, 0) is 51.8 Å². The van der Waals surface area contributed by atoms with E-state index in [1.807, 2.05) is 7.05 Å². The van der Waals surface area contributed by atoms with Crippen molar-refractivity contribution in [2.75, 3.05) is 14.2 Å². The summed E-state index contributed by atoms with van der Waals surface area (Å²) in [5.74, 6) is 1.02. The lowest BCUT2D eigenvalue weighted by Crippen LogP contribution is -2.20. The monoisotopic (exact) mass is 221 g/mol. The molecule has 90 valence electrons. The van der Waals surface area contributed by atoms with Crippen LogP contribution in [-0.2, 0) is 6.42 Å². The quantitative estimate of drug-likeness (QED) is 0.797. The highest BCUT2D eigenvalue weighted by Gasteiger charge is 2.04. The highest BCUT2D eigenvalue weighted by Crippen LogP contribution is 2.21. The molecular weight excluding hydrogens is 198 g/mol. The summed E-state index contributed by atoms with van der Waals surface area (Å²) >= 11 is 0. The summed E-state index contributed by atoms with van der Waals surface area (Å²) < 4.78 is 5.37. The van der Waals surface area contributed by atoms with Gasteiger partial charge < -0.3 is 10.1 Å². The molecule has 0 saturated carbocycles. The first-order valence-electron chi connectivity index (χ1n) is 5.98. The maximum atomic E-state index is 5.37. The van der Waals surface area contributed by atoms with Gasteiger partial charge in [0.1, 0.15) is 5.75 Å². The van der Waals surface area contributed by atoms with Gasteiger partial charge in [-0.3, -0.25) is 0 Å². The fourth-order valence-corrected chi connectivity index (χ4v) is 1.85. The standard InChI is InChI=1S/C14H23NO/c1-11-8-9-14(16-4)13(10-11)7-5-6-12(2)15-3/h8-10,12,15H,5-7H2,1-4H3. The summed E-state index contributed by atoms with van der Waals surface area (Å²) in [6, 6.07) is 6.98. The summed E-state index contributed by atoms with van der Waals surface area (Å²) in [7, 11) is 3.75. The first kappa shape index (κ1) is 13.0. The number of nitrogens with one attached hydrogen (secondary N) is 1. The number of ether oxygens (including phenoxy) is 1. The van der Waals surface area contributed by atoms with Gasteiger partial charge in [0.15, 0.2) is 0 Å². The van der Waals surface area contributed by atoms with E-state index >= 15 is 0 Å². The van der Waals surface area contributed by atoms with Crippen molar-refractivity contribution in [3.63, 3.8) is 0 Å². The van der Waals surface area contributed by atoms with E-state index in [0.717, 1.165) is 12.2 Å². The molecule has 0 bridgehead atoms. The van der Waals surface area contributed by atoms with E-state index in [0.29, 0.717) is 6.04 Å². The van der Waals surface area contributed by atoms with Gasteiger partial charge in [0.25, 0.3) is 0 Å². The molecule has 0 spiro atoms. The van der Waals surface area contributed by atoms with Crippen LogP contribution in [0.5, 0.6) is 5.75 Å². The van der Waals surface area contributed by atoms with E-state index in [2.05, 4.69) is 37.4 Å². The topological polar surface area (TPSA) is 21.3 Å². The van der Waals surface area contributed by atoms with Gasteiger partial charge in [0, 0.05) is 6.04 Å². The average Bonchev–Trinajstić information content (AvgIpc) is 2.29. The van der Waals surface area contributed by atoms with Crippen LogP contribution in [0.25, 0.3) is 0 Å². The van der Waals surface area contributed by atoms with Crippen molar-refractivity contribution >= 4 is 0 Å². The fraction of sp³-hybridized carbons (Fsp3) is 0.571. The Hall–Kier alpha value is -1.02. The summed E-state index contributed by atoms with van der Waals surface area (Å²) in [6.07, 6.45) is 3.49. The molecule has 1 atom stereocenters. The molecule has 0 aromatic heterocycles. The van der Waals surface area contributed by atoms with Crippen molar-refractivity contribution in [2.45, 2.75) is 39.2 Å². The van der Waals surface area contributed by atoms with Gasteiger partial charge >= 0.3 is 0 Å². The predicted molar refractivity (Wildman–Crippen MR) is 69.2 cm³/mol. The molecule has 0 fully saturated rings. The van der Waals surface area contributed by atoms with E-state index in [-0.39, 0.29) is 0 Å². The Morgan fingerprint density at radius 3 is 2.75 bits per heavy atom. The maximum absolute atomic E-state index is 5.37. The molecule has 0 radical (unpaired) electrons. The van der Waals surface area contributed by atoms with Crippen LogP contribution < -0.4 is 10.1 Å². The lowest BCUT2D eigenvalue weighted by Gasteiger charge is -2.12. The highest BCUT2D eigenvalue weighted by atomic mass is 16.5. The molecule has 0 aliphatic carbocycles. The second-order valence-corrected chi connectivity index (χ2v) is 4.40. The van der Waals surface area contributed by atoms with E-state index in [1.54, 1.807) is 7.11 Å². The summed E-state index contributed by atoms with van der Waals surface area (Å²) in [6.45, 7) is 4.34. The minimum absolute atomic E-state index is 0.593. The lowest BCUT2D eigenvalue weighted by molar-refractivity contribution is 0.408. The van der Waals surface area contributed by atoms with Crippen molar-refractivity contribution < 1.29 is 4.74 Å². The van der Waals surface area contributed by atoms with Gasteiger partial charge in [-0.25, -0.2) is 0 Å². The Bertz CT molecular complexity index is 323. The first-order chi connectivity index (χ1) is 7.67. The molecular formula is C14H23NO. The Morgan fingerprint density at radius 1 is 1.38 bits per heavy atom. The minimum atomic E-state index is 0.593. The Morgan fingerprint density at radius 2 is 2.12 bits per heavy atom. The summed E-state index contributed by atoms with van der Waals surface area (Å²) in [4.78, 5) is 0. The summed E-state index contributed by atoms with van der Waals surface area (Å²) in [5.41, 5.74) is 2.63. The SMILES string of the molecule is CNC(C)CCCc1cc(C)ccc1OC. The van der Waals surface area contributed by atoms with Gasteiger partial charge in [-0.2, -0.15) is 0 Å². The van der Waals surface area contributed by atoms with Crippen LogP contribution in [0.3, 0.4) is 0 Å². The molecule has 1 aromatic carbocycles. The van der Waals surface area contributed by atoms with Crippen molar-refractivity contribution in [1.82, 2.24) is 5.32 Å². The number of hydrogen-bond donors (Lipinski definition) is 1. The Kier molecular flexibility index (Phi) is 5.33. The zero-order valence-electron chi connectivity index (χ0n) is 10.8. The van der Waals surface area contributed by atoms with E-state index in [4.69, 9.17) is 4.74 Å². The minimum Gasteiger partial charge on any atom is -0.496 e. The molecule has 1 aromatic rings. The lowest BCUT2D eigenvalue weighted by atomic mass is 10.0. The smallest absolute Gasteiger partial charge is 0.122 e. The van der Waals surface area contributed by atoms with Crippen LogP contribution in [-0.4, -0.2) is 20.2 Å². The van der Waals surface area contributed by atoms with Crippen LogP contribution in [0.1, 0.15) is 30.9 Å². The van der Waals surface area contributed by atoms with Crippen LogP contribution in [0.15, 0.2) is 18.2 Å². The molecule has 0 amide bonds. The van der Waals surface area contributed by atoms with Gasteiger partial charge in [-0.15, -0.1) is 0 Å². The van der Waals surface area contributed by atoms with Crippen LogP contribution in [0, 0.1) is 6.92 Å². The van der Waals surface area contributed by atoms with Crippen LogP contribution >= 0.6 is 0 Å². The number of hydrogen-bond acceptors (Lipinski definition) is 2. The molecule has 1 N–H and O–H groups in total. The average molecular weight is 221 g/mol. The molecule has 0 saturated heterocycles. The molecule has 0 aliphatic heterocycles. The van der Waals surface area contributed by atoms with E-state index in [1.165, 1.54) is 24.0 Å². The Labute approximate surface area is 99.0 Å². The number of methoxy groups -OCH3 is 1. The van der Waals surface area contributed by atoms with Crippen LogP contribution in [0.4, 0.5) is 0 Å². The van der Waals surface area contributed by atoms with Gasteiger partial charge in [0.2, 0.25) is 0 Å². The van der Waals surface area contributed by atoms with Gasteiger partial charge in [-0.1, -0.05) is 17.7 Å². The second kappa shape index (κ2) is 6.54. The fourth-order valence-electron chi connectivity index (χ4n) is 1.85. The first-order valence-corrected chi connectivity index (χ1v) is 5.98. The third-order valence-electron chi connectivity index (χ3n) is 3.01. The molecule has 16 heavy (non-hydrogen) atoms. The summed E-state index contributed by atoms with van der Waals surface area (Å²) in [5, 5.41) is 3.26. The normalized spacial score (nSPS) is 12.5. The van der Waals surface area contributed by atoms with Crippen molar-refractivity contribution in [1.29, 1.82) is 0 Å². The van der Waals surface area contributed by atoms with E-state index < -0.39 is 0 Å². The molecule has 1 rings (SSSR count). The van der Waals surface area contributed by atoms with Gasteiger partial charge in [0.05, 0.1) is 7.11 Å². The molecule has 2 heteroatoms. The maximum Gasteiger partial charge on any atom is 0.122 e. The number of benzene rings is 1. The Balaban J connectivity index is 2.55. The third kappa shape index (κ3) is 3.86. The van der Waals surface area contributed by atoms with Crippen molar-refractivity contribution in [2.24, 2.45) is 0 Å². The van der Waals surface area contributed by atoms with E-state index in [9.17, 15) is 0 Å². The zero-order valence-corrected chi connectivity index (χ0v) is 10.8. The number of aryl methyl sites for hydroxylation is 2.